The summed E-state index contributed by atoms with van der Waals surface area (Å²) >= 11 is 0. The Hall–Kier alpha value is -3.21. The number of hydrogen-bond donors (Lipinski definition) is 1. The van der Waals surface area contributed by atoms with Gasteiger partial charge in [0.1, 0.15) is 5.82 Å². The lowest BCUT2D eigenvalue weighted by Gasteiger charge is -2.36. The topological polar surface area (TPSA) is 55.4 Å². The highest BCUT2D eigenvalue weighted by Crippen LogP contribution is 2.45. The molecular formula is C24H22FNO3. The van der Waals surface area contributed by atoms with Gasteiger partial charge < -0.3 is 10.1 Å². The van der Waals surface area contributed by atoms with Crippen LogP contribution in [-0.2, 0) is 14.3 Å². The third-order valence-corrected chi connectivity index (χ3v) is 5.71. The van der Waals surface area contributed by atoms with Gasteiger partial charge in [0.25, 0.3) is 0 Å². The van der Waals surface area contributed by atoms with Crippen LogP contribution in [0.2, 0.25) is 0 Å². The van der Waals surface area contributed by atoms with E-state index in [1.54, 1.807) is 12.1 Å². The number of ether oxygens (including phenoxy) is 1. The smallest absolute Gasteiger partial charge is 0.336 e. The number of benzene rings is 2. The number of rotatable bonds is 3. The van der Waals surface area contributed by atoms with Crippen LogP contribution in [0.3, 0.4) is 0 Å². The Morgan fingerprint density at radius 3 is 2.38 bits per heavy atom. The molecule has 1 heterocycles. The van der Waals surface area contributed by atoms with Crippen molar-refractivity contribution >= 4 is 11.8 Å². The summed E-state index contributed by atoms with van der Waals surface area (Å²) < 4.78 is 18.5. The molecule has 2 aromatic rings. The Kier molecular flexibility index (Phi) is 5.05. The van der Waals surface area contributed by atoms with Crippen LogP contribution >= 0.6 is 0 Å². The van der Waals surface area contributed by atoms with Crippen LogP contribution in [0.4, 0.5) is 4.39 Å². The van der Waals surface area contributed by atoms with Crippen molar-refractivity contribution in [2.75, 3.05) is 7.11 Å². The zero-order valence-electron chi connectivity index (χ0n) is 16.4. The van der Waals surface area contributed by atoms with E-state index < -0.39 is 11.9 Å². The molecule has 0 spiro atoms. The predicted octanol–water partition coefficient (Wildman–Crippen LogP) is 4.36. The number of dihydropyridines is 1. The van der Waals surface area contributed by atoms with Crippen molar-refractivity contribution in [2.24, 2.45) is 0 Å². The number of nitrogens with one attached hydrogen (secondary N) is 1. The van der Waals surface area contributed by atoms with E-state index in [2.05, 4.69) is 5.32 Å². The van der Waals surface area contributed by atoms with Crippen LogP contribution < -0.4 is 5.32 Å². The molecule has 1 aliphatic heterocycles. The number of halogens is 1. The molecule has 0 fully saturated rings. The molecule has 4 rings (SSSR count). The minimum Gasteiger partial charge on any atom is -0.466 e. The van der Waals surface area contributed by atoms with Crippen molar-refractivity contribution in [3.8, 4) is 0 Å². The minimum absolute atomic E-state index is 0.00386. The molecular weight excluding hydrogens is 369 g/mol. The summed E-state index contributed by atoms with van der Waals surface area (Å²) in [6.45, 7) is 1.81. The second-order valence-corrected chi connectivity index (χ2v) is 7.47. The molecule has 5 heteroatoms. The van der Waals surface area contributed by atoms with Crippen LogP contribution in [0.25, 0.3) is 0 Å². The standard InChI is InChI=1S/C24H22FNO3/c1-14-21(24(28)29-2)22(16-8-10-18(25)11-9-16)23-19(26-14)12-17(13-20(23)27)15-6-4-3-5-7-15/h3-11,17,22,26H,12-13H2,1-2H3/t17-,22-/m1/s1. The molecule has 2 aromatic carbocycles. The number of carbonyl (C=O) groups is 2. The third-order valence-electron chi connectivity index (χ3n) is 5.71. The Bertz CT molecular complexity index is 1020. The van der Waals surface area contributed by atoms with Crippen molar-refractivity contribution < 1.29 is 18.7 Å². The van der Waals surface area contributed by atoms with E-state index in [-0.39, 0.29) is 17.5 Å². The van der Waals surface area contributed by atoms with E-state index in [0.29, 0.717) is 35.2 Å². The van der Waals surface area contributed by atoms with E-state index in [4.69, 9.17) is 4.74 Å². The van der Waals surface area contributed by atoms with Gasteiger partial charge in [-0.15, -0.1) is 0 Å². The summed E-state index contributed by atoms with van der Waals surface area (Å²) in [4.78, 5) is 25.8. The first-order valence-electron chi connectivity index (χ1n) is 9.62. The molecule has 0 unspecified atom stereocenters. The van der Waals surface area contributed by atoms with E-state index in [0.717, 1.165) is 11.3 Å². The average molecular weight is 391 g/mol. The zero-order valence-corrected chi connectivity index (χ0v) is 16.4. The number of esters is 1. The normalized spacial score (nSPS) is 21.6. The number of carbonyl (C=O) groups excluding carboxylic acids is 2. The Labute approximate surface area is 169 Å². The molecule has 0 aromatic heterocycles. The lowest BCUT2D eigenvalue weighted by molar-refractivity contribution is -0.136. The fourth-order valence-electron chi connectivity index (χ4n) is 4.37. The molecule has 0 saturated carbocycles. The van der Waals surface area contributed by atoms with E-state index in [9.17, 15) is 14.0 Å². The van der Waals surface area contributed by atoms with E-state index in [1.165, 1.54) is 19.2 Å². The van der Waals surface area contributed by atoms with Crippen molar-refractivity contribution in [2.45, 2.75) is 31.6 Å². The maximum Gasteiger partial charge on any atom is 0.336 e. The van der Waals surface area contributed by atoms with Gasteiger partial charge in [-0.3, -0.25) is 4.79 Å². The molecule has 2 aliphatic rings. The summed E-state index contributed by atoms with van der Waals surface area (Å²) in [5.74, 6) is -1.35. The Morgan fingerprint density at radius 1 is 1.03 bits per heavy atom. The van der Waals surface area contributed by atoms with Gasteiger partial charge in [-0.25, -0.2) is 9.18 Å². The molecule has 29 heavy (non-hydrogen) atoms. The van der Waals surface area contributed by atoms with Crippen LogP contribution in [0.5, 0.6) is 0 Å². The summed E-state index contributed by atoms with van der Waals surface area (Å²) in [5, 5.41) is 3.29. The molecule has 1 N–H and O–H groups in total. The van der Waals surface area contributed by atoms with Gasteiger partial charge >= 0.3 is 5.97 Å². The number of hydrogen-bond acceptors (Lipinski definition) is 4. The van der Waals surface area contributed by atoms with Crippen LogP contribution in [0.15, 0.2) is 77.1 Å². The van der Waals surface area contributed by atoms with E-state index in [1.807, 2.05) is 37.3 Å². The molecule has 4 nitrogen and oxygen atoms in total. The lowest BCUT2D eigenvalue weighted by Crippen LogP contribution is -2.36. The number of allylic oxidation sites excluding steroid dienone is 3. The average Bonchev–Trinajstić information content (AvgIpc) is 2.73. The fourth-order valence-corrected chi connectivity index (χ4v) is 4.37. The number of ketones is 1. The molecule has 0 radical (unpaired) electrons. The zero-order chi connectivity index (χ0) is 20.5. The predicted molar refractivity (Wildman–Crippen MR) is 107 cm³/mol. The largest absolute Gasteiger partial charge is 0.466 e. The monoisotopic (exact) mass is 391 g/mol. The molecule has 2 atom stereocenters. The number of methoxy groups -OCH3 is 1. The second kappa shape index (κ2) is 7.66. The van der Waals surface area contributed by atoms with Gasteiger partial charge in [-0.2, -0.15) is 0 Å². The molecule has 0 saturated heterocycles. The summed E-state index contributed by atoms with van der Waals surface area (Å²) in [6, 6.07) is 15.9. The van der Waals surface area contributed by atoms with Gasteiger partial charge in [0.2, 0.25) is 0 Å². The maximum atomic E-state index is 13.5. The molecule has 148 valence electrons. The molecule has 0 bridgehead atoms. The lowest BCUT2D eigenvalue weighted by atomic mass is 9.72. The highest BCUT2D eigenvalue weighted by molar-refractivity contribution is 6.04. The molecule has 0 amide bonds. The van der Waals surface area contributed by atoms with Crippen LogP contribution in [0, 0.1) is 5.82 Å². The van der Waals surface area contributed by atoms with Gasteiger partial charge in [-0.1, -0.05) is 42.5 Å². The minimum atomic E-state index is -0.566. The van der Waals surface area contributed by atoms with Crippen molar-refractivity contribution in [3.63, 3.8) is 0 Å². The second-order valence-electron chi connectivity index (χ2n) is 7.47. The fraction of sp³-hybridized carbons (Fsp3) is 0.250. The van der Waals surface area contributed by atoms with Gasteiger partial charge in [0, 0.05) is 29.3 Å². The van der Waals surface area contributed by atoms with E-state index >= 15 is 0 Å². The number of Topliss-reactive ketones (excluding diaryl/α,β-unsaturated/α-hetero) is 1. The Balaban J connectivity index is 1.81. The van der Waals surface area contributed by atoms with Crippen molar-refractivity contribution in [1.82, 2.24) is 5.32 Å². The van der Waals surface area contributed by atoms with Gasteiger partial charge in [-0.05, 0) is 42.5 Å². The highest BCUT2D eigenvalue weighted by Gasteiger charge is 2.41. The SMILES string of the molecule is COC(=O)C1=C(C)NC2=C(C(=O)C[C@H](c3ccccc3)C2)[C@@H]1c1ccc(F)cc1. The molecule has 1 aliphatic carbocycles. The third kappa shape index (κ3) is 3.48. The van der Waals surface area contributed by atoms with Gasteiger partial charge in [0.05, 0.1) is 12.7 Å². The first kappa shape index (κ1) is 19.1. The first-order valence-corrected chi connectivity index (χ1v) is 9.62. The van der Waals surface area contributed by atoms with Crippen molar-refractivity contribution in [3.05, 3.63) is 94.1 Å². The Morgan fingerprint density at radius 2 is 1.72 bits per heavy atom. The summed E-state index contributed by atoms with van der Waals surface area (Å²) in [7, 11) is 1.32. The first-order chi connectivity index (χ1) is 14.0. The van der Waals surface area contributed by atoms with Crippen LogP contribution in [0.1, 0.15) is 42.7 Å². The summed E-state index contributed by atoms with van der Waals surface area (Å²) in [5.41, 5.74) is 4.28. The maximum absolute atomic E-state index is 13.5. The van der Waals surface area contributed by atoms with Crippen LogP contribution in [-0.4, -0.2) is 18.9 Å². The highest BCUT2D eigenvalue weighted by atomic mass is 19.1. The van der Waals surface area contributed by atoms with Gasteiger partial charge in [0.15, 0.2) is 5.78 Å². The quantitative estimate of drug-likeness (QED) is 0.790. The van der Waals surface area contributed by atoms with Crippen molar-refractivity contribution in [1.29, 1.82) is 0 Å². The summed E-state index contributed by atoms with van der Waals surface area (Å²) in [6.07, 6.45) is 1.05.